The Morgan fingerprint density at radius 1 is 1.15 bits per heavy atom. The van der Waals surface area contributed by atoms with Crippen molar-refractivity contribution in [3.05, 3.63) is 58.7 Å². The maximum absolute atomic E-state index is 11.7. The van der Waals surface area contributed by atoms with E-state index in [0.717, 1.165) is 62.8 Å². The van der Waals surface area contributed by atoms with Crippen LogP contribution in [-0.2, 0) is 11.2 Å². The average molecular weight is 582 g/mol. The summed E-state index contributed by atoms with van der Waals surface area (Å²) in [4.78, 5) is 30.6. The Morgan fingerprint density at radius 2 is 1.82 bits per heavy atom. The Bertz CT molecular complexity index is 1490. The van der Waals surface area contributed by atoms with Crippen molar-refractivity contribution < 1.29 is 15.0 Å². The van der Waals surface area contributed by atoms with Gasteiger partial charge in [-0.25, -0.2) is 15.0 Å². The molecule has 1 aliphatic rings. The monoisotopic (exact) mass is 581 g/mol. The van der Waals surface area contributed by atoms with Gasteiger partial charge in [-0.05, 0) is 82.6 Å². The number of hydrogen-bond acceptors (Lipinski definition) is 8. The fourth-order valence-electron chi connectivity index (χ4n) is 4.69. The zero-order chi connectivity index (χ0) is 29.2. The Kier molecular flexibility index (Phi) is 9.09. The minimum Gasteiger partial charge on any atom is -0.481 e. The first-order valence-corrected chi connectivity index (χ1v) is 14.4. The Labute approximate surface area is 244 Å². The molecule has 10 heteroatoms. The topological polar surface area (TPSA) is 103 Å². The highest BCUT2D eigenvalue weighted by Gasteiger charge is 2.25. The van der Waals surface area contributed by atoms with E-state index in [-0.39, 0.29) is 6.42 Å². The third kappa shape index (κ3) is 7.34. The summed E-state index contributed by atoms with van der Waals surface area (Å²) in [7, 11) is 2.13. The Hall–Kier alpha value is -3.11. The van der Waals surface area contributed by atoms with E-state index < -0.39 is 11.6 Å². The zero-order valence-corrected chi connectivity index (χ0v) is 25.3. The molecule has 2 aromatic heterocycles. The number of fused-ring (bicyclic) bond motifs is 1. The number of thiazole rings is 1. The molecule has 0 saturated carbocycles. The van der Waals surface area contributed by atoms with Gasteiger partial charge in [0.05, 0.1) is 22.2 Å². The number of aromatic nitrogens is 3. The third-order valence-corrected chi connectivity index (χ3v) is 7.78. The average Bonchev–Trinajstić information content (AvgIpc) is 3.27. The highest BCUT2D eigenvalue weighted by molar-refractivity contribution is 7.22. The number of benzene rings is 2. The van der Waals surface area contributed by atoms with Gasteiger partial charge >= 0.3 is 5.97 Å². The number of piperazine rings is 1. The highest BCUT2D eigenvalue weighted by atomic mass is 35.5. The molecule has 1 fully saturated rings. The number of rotatable bonds is 5. The summed E-state index contributed by atoms with van der Waals surface area (Å²) in [6.45, 7) is 12.2. The largest absolute Gasteiger partial charge is 0.481 e. The van der Waals surface area contributed by atoms with Gasteiger partial charge in [-0.2, -0.15) is 0 Å². The van der Waals surface area contributed by atoms with E-state index in [1.165, 1.54) is 11.3 Å². The highest BCUT2D eigenvalue weighted by Crippen LogP contribution is 2.41. The Morgan fingerprint density at radius 3 is 2.45 bits per heavy atom. The molecular weight excluding hydrogens is 546 g/mol. The Balaban J connectivity index is 0.000000681. The molecule has 0 amide bonds. The van der Waals surface area contributed by atoms with Crippen molar-refractivity contribution in [2.75, 3.05) is 31.6 Å². The molecule has 5 rings (SSSR count). The van der Waals surface area contributed by atoms with Crippen LogP contribution >= 0.6 is 22.9 Å². The summed E-state index contributed by atoms with van der Waals surface area (Å²) < 4.78 is 0.942. The molecule has 3 heterocycles. The van der Waals surface area contributed by atoms with Gasteiger partial charge in [0.2, 0.25) is 5.95 Å². The molecule has 0 radical (unpaired) electrons. The lowest BCUT2D eigenvalue weighted by Crippen LogP contribution is -2.51. The molecule has 2 aromatic carbocycles. The SMILES string of the molecule is CC(C)(C)O.Cc1cc2nc(-c3ccnc(N4CCN(C)CC4C)n3)sc2c(-c2ccc(Cl)cc2)c1CC(=O)O. The van der Waals surface area contributed by atoms with Crippen LogP contribution < -0.4 is 4.90 Å². The number of aryl methyl sites for hydroxylation is 1. The molecule has 2 N–H and O–H groups in total. The number of carboxylic acids is 1. The molecule has 0 aliphatic carbocycles. The lowest BCUT2D eigenvalue weighted by molar-refractivity contribution is -0.136. The second-order valence-corrected chi connectivity index (χ2v) is 12.6. The number of nitrogens with zero attached hydrogens (tertiary/aromatic N) is 5. The molecule has 4 aromatic rings. The van der Waals surface area contributed by atoms with Crippen molar-refractivity contribution in [2.24, 2.45) is 0 Å². The maximum Gasteiger partial charge on any atom is 0.307 e. The first kappa shape index (κ1) is 29.9. The van der Waals surface area contributed by atoms with Gasteiger partial charge in [0, 0.05) is 42.5 Å². The molecule has 8 nitrogen and oxygen atoms in total. The van der Waals surface area contributed by atoms with Gasteiger partial charge in [0.25, 0.3) is 0 Å². The van der Waals surface area contributed by atoms with Crippen LogP contribution in [-0.4, -0.2) is 74.4 Å². The molecule has 212 valence electrons. The molecule has 1 atom stereocenters. The molecule has 40 heavy (non-hydrogen) atoms. The summed E-state index contributed by atoms with van der Waals surface area (Å²) in [5.41, 5.74) is 4.60. The van der Waals surface area contributed by atoms with Gasteiger partial charge in [-0.15, -0.1) is 11.3 Å². The van der Waals surface area contributed by atoms with Crippen molar-refractivity contribution in [3.63, 3.8) is 0 Å². The lowest BCUT2D eigenvalue weighted by atomic mass is 9.93. The molecule has 1 aliphatic heterocycles. The van der Waals surface area contributed by atoms with Crippen LogP contribution in [0.5, 0.6) is 0 Å². The second-order valence-electron chi connectivity index (χ2n) is 11.2. The van der Waals surface area contributed by atoms with Crippen LogP contribution in [0, 0.1) is 6.92 Å². The van der Waals surface area contributed by atoms with Crippen molar-refractivity contribution >= 4 is 45.1 Å². The molecule has 1 unspecified atom stereocenters. The minimum absolute atomic E-state index is 0.0636. The van der Waals surface area contributed by atoms with Crippen molar-refractivity contribution in [1.82, 2.24) is 19.9 Å². The fourth-order valence-corrected chi connectivity index (χ4v) is 5.92. The molecule has 1 saturated heterocycles. The number of halogens is 1. The summed E-state index contributed by atoms with van der Waals surface area (Å²) in [6.07, 6.45) is 1.72. The van der Waals surface area contributed by atoms with Crippen LogP contribution in [0.4, 0.5) is 5.95 Å². The van der Waals surface area contributed by atoms with E-state index in [1.807, 2.05) is 43.3 Å². The second kappa shape index (κ2) is 12.2. The predicted molar refractivity (Wildman–Crippen MR) is 163 cm³/mol. The van der Waals surface area contributed by atoms with Crippen molar-refractivity contribution in [2.45, 2.75) is 52.7 Å². The first-order valence-electron chi connectivity index (χ1n) is 13.2. The number of carbonyl (C=O) groups is 1. The van der Waals surface area contributed by atoms with Crippen LogP contribution in [0.2, 0.25) is 5.02 Å². The number of aliphatic hydroxyl groups is 1. The minimum atomic E-state index is -0.867. The summed E-state index contributed by atoms with van der Waals surface area (Å²) in [6, 6.07) is 11.7. The van der Waals surface area contributed by atoms with E-state index in [0.29, 0.717) is 17.0 Å². The molecule has 0 bridgehead atoms. The number of anilines is 1. The number of hydrogen-bond donors (Lipinski definition) is 2. The first-order chi connectivity index (χ1) is 18.8. The maximum atomic E-state index is 11.7. The van der Waals surface area contributed by atoms with Crippen LogP contribution in [0.15, 0.2) is 42.6 Å². The normalized spacial score (nSPS) is 16.1. The van der Waals surface area contributed by atoms with Gasteiger partial charge in [-0.1, -0.05) is 23.7 Å². The van der Waals surface area contributed by atoms with Crippen LogP contribution in [0.1, 0.15) is 38.8 Å². The molecular formula is C30H36ClN5O3S. The van der Waals surface area contributed by atoms with Crippen LogP contribution in [0.25, 0.3) is 32.0 Å². The quantitative estimate of drug-likeness (QED) is 0.299. The van der Waals surface area contributed by atoms with E-state index in [9.17, 15) is 9.90 Å². The third-order valence-electron chi connectivity index (χ3n) is 6.42. The van der Waals surface area contributed by atoms with E-state index in [2.05, 4.69) is 28.8 Å². The van der Waals surface area contributed by atoms with Crippen LogP contribution in [0.3, 0.4) is 0 Å². The van der Waals surface area contributed by atoms with E-state index in [1.54, 1.807) is 27.0 Å². The molecule has 0 spiro atoms. The lowest BCUT2D eigenvalue weighted by Gasteiger charge is -2.38. The van der Waals surface area contributed by atoms with Gasteiger partial charge in [0.15, 0.2) is 0 Å². The fraction of sp³-hybridized carbons (Fsp3) is 0.400. The van der Waals surface area contributed by atoms with E-state index >= 15 is 0 Å². The standard InChI is InChI=1S/C26H26ClN5O2S.C4H10O/c1-15-12-21-24(23(19(15)13-22(33)34)17-4-6-18(27)7-5-17)35-25(29-21)20-8-9-28-26(30-20)32-11-10-31(3)14-16(32)2;1-4(2,3)5/h4-9,12,16H,10-11,13-14H2,1-3H3,(H,33,34);5H,1-3H3. The zero-order valence-electron chi connectivity index (χ0n) is 23.8. The number of likely N-dealkylation sites (N-methyl/N-ethyl adjacent to an activating group) is 1. The number of aliphatic carboxylic acids is 1. The van der Waals surface area contributed by atoms with Gasteiger partial charge < -0.3 is 20.0 Å². The summed E-state index contributed by atoms with van der Waals surface area (Å²) >= 11 is 7.66. The van der Waals surface area contributed by atoms with Crippen molar-refractivity contribution in [1.29, 1.82) is 0 Å². The van der Waals surface area contributed by atoms with E-state index in [4.69, 9.17) is 26.7 Å². The predicted octanol–water partition coefficient (Wildman–Crippen LogP) is 5.93. The summed E-state index contributed by atoms with van der Waals surface area (Å²) in [5, 5.41) is 19.5. The van der Waals surface area contributed by atoms with Gasteiger partial charge in [0.1, 0.15) is 10.7 Å². The smallest absolute Gasteiger partial charge is 0.307 e. The van der Waals surface area contributed by atoms with Crippen molar-refractivity contribution in [3.8, 4) is 21.8 Å². The van der Waals surface area contributed by atoms with Gasteiger partial charge in [-0.3, -0.25) is 4.79 Å². The number of carboxylic acid groups (broad SMARTS) is 1. The summed E-state index contributed by atoms with van der Waals surface area (Å²) in [5.74, 6) is -0.155.